The van der Waals surface area contributed by atoms with Gasteiger partial charge in [-0.05, 0) is 31.7 Å². The molecule has 82 valence electrons. The van der Waals surface area contributed by atoms with E-state index in [0.717, 1.165) is 12.8 Å². The summed E-state index contributed by atoms with van der Waals surface area (Å²) >= 11 is 0. The van der Waals surface area contributed by atoms with Crippen molar-refractivity contribution < 1.29 is 4.74 Å². The van der Waals surface area contributed by atoms with Crippen LogP contribution in [-0.4, -0.2) is 12.1 Å². The van der Waals surface area contributed by atoms with Crippen molar-refractivity contribution in [3.8, 4) is 0 Å². The monoisotopic (exact) mass is 205 g/mol. The predicted octanol–water partition coefficient (Wildman–Crippen LogP) is 2.64. The fourth-order valence-electron chi connectivity index (χ4n) is 2.19. The van der Waals surface area contributed by atoms with Gasteiger partial charge in [-0.25, -0.2) is 0 Å². The van der Waals surface area contributed by atoms with Crippen LogP contribution < -0.4 is 5.73 Å². The minimum atomic E-state index is 0.153. The van der Waals surface area contributed by atoms with Gasteiger partial charge in [-0.3, -0.25) is 0 Å². The number of benzene rings is 1. The molecule has 15 heavy (non-hydrogen) atoms. The Hall–Kier alpha value is -0.860. The molecule has 0 radical (unpaired) electrons. The van der Waals surface area contributed by atoms with E-state index in [9.17, 15) is 0 Å². The molecule has 2 nitrogen and oxygen atoms in total. The standard InChI is InChI=1S/C13H19NO/c1-10(11-6-3-2-4-7-11)15-13-9-5-8-12(13)14/h2-4,6-7,10,12-13H,5,8-9,14H2,1H3. The molecular formula is C13H19NO. The minimum absolute atomic E-state index is 0.153. The minimum Gasteiger partial charge on any atom is -0.369 e. The summed E-state index contributed by atoms with van der Waals surface area (Å²) in [6.45, 7) is 2.10. The molecule has 2 N–H and O–H groups in total. The molecular weight excluding hydrogens is 186 g/mol. The maximum absolute atomic E-state index is 5.98. The third-order valence-electron chi connectivity index (χ3n) is 3.15. The van der Waals surface area contributed by atoms with Crippen LogP contribution >= 0.6 is 0 Å². The molecule has 0 spiro atoms. The van der Waals surface area contributed by atoms with Gasteiger partial charge in [-0.15, -0.1) is 0 Å². The first-order valence-corrected chi connectivity index (χ1v) is 5.73. The Balaban J connectivity index is 1.95. The van der Waals surface area contributed by atoms with Gasteiger partial charge in [0.1, 0.15) is 0 Å². The summed E-state index contributed by atoms with van der Waals surface area (Å²) in [5.41, 5.74) is 7.21. The highest BCUT2D eigenvalue weighted by atomic mass is 16.5. The van der Waals surface area contributed by atoms with Crippen LogP contribution in [0.5, 0.6) is 0 Å². The van der Waals surface area contributed by atoms with E-state index in [-0.39, 0.29) is 18.2 Å². The highest BCUT2D eigenvalue weighted by molar-refractivity contribution is 5.16. The summed E-state index contributed by atoms with van der Waals surface area (Å²) in [7, 11) is 0. The van der Waals surface area contributed by atoms with Crippen molar-refractivity contribution >= 4 is 0 Å². The first-order chi connectivity index (χ1) is 7.27. The second kappa shape index (κ2) is 4.77. The first kappa shape index (κ1) is 10.7. The molecule has 1 aromatic carbocycles. The number of nitrogens with two attached hydrogens (primary N) is 1. The van der Waals surface area contributed by atoms with Crippen molar-refractivity contribution in [1.82, 2.24) is 0 Å². The van der Waals surface area contributed by atoms with Gasteiger partial charge in [0, 0.05) is 6.04 Å². The Kier molecular flexibility index (Phi) is 3.39. The van der Waals surface area contributed by atoms with Crippen molar-refractivity contribution in [2.24, 2.45) is 5.73 Å². The molecule has 1 fully saturated rings. The number of hydrogen-bond acceptors (Lipinski definition) is 2. The zero-order chi connectivity index (χ0) is 10.7. The van der Waals surface area contributed by atoms with Crippen LogP contribution in [-0.2, 0) is 4.74 Å². The summed E-state index contributed by atoms with van der Waals surface area (Å²) in [6.07, 6.45) is 3.82. The van der Waals surface area contributed by atoms with E-state index in [2.05, 4.69) is 19.1 Å². The van der Waals surface area contributed by atoms with E-state index in [4.69, 9.17) is 10.5 Å². The molecule has 2 rings (SSSR count). The molecule has 1 aliphatic carbocycles. The molecule has 0 heterocycles. The van der Waals surface area contributed by atoms with Crippen LogP contribution in [0.4, 0.5) is 0 Å². The highest BCUT2D eigenvalue weighted by Crippen LogP contribution is 2.26. The maximum Gasteiger partial charge on any atom is 0.0801 e. The van der Waals surface area contributed by atoms with Gasteiger partial charge in [0.15, 0.2) is 0 Å². The number of ether oxygens (including phenoxy) is 1. The largest absolute Gasteiger partial charge is 0.369 e. The van der Waals surface area contributed by atoms with Gasteiger partial charge in [0.25, 0.3) is 0 Å². The van der Waals surface area contributed by atoms with Gasteiger partial charge in [-0.1, -0.05) is 30.3 Å². The van der Waals surface area contributed by atoms with E-state index in [0.29, 0.717) is 0 Å². The predicted molar refractivity (Wildman–Crippen MR) is 61.6 cm³/mol. The Morgan fingerprint density at radius 2 is 2.00 bits per heavy atom. The second-order valence-electron chi connectivity index (χ2n) is 4.32. The molecule has 1 saturated carbocycles. The van der Waals surface area contributed by atoms with Crippen molar-refractivity contribution in [3.63, 3.8) is 0 Å². The lowest BCUT2D eigenvalue weighted by Crippen LogP contribution is -2.32. The second-order valence-corrected chi connectivity index (χ2v) is 4.32. The summed E-state index contributed by atoms with van der Waals surface area (Å²) in [5, 5.41) is 0. The molecule has 0 bridgehead atoms. The molecule has 3 unspecified atom stereocenters. The van der Waals surface area contributed by atoms with Gasteiger partial charge in [-0.2, -0.15) is 0 Å². The third-order valence-corrected chi connectivity index (χ3v) is 3.15. The lowest BCUT2D eigenvalue weighted by atomic mass is 10.1. The van der Waals surface area contributed by atoms with Gasteiger partial charge in [0.2, 0.25) is 0 Å². The maximum atomic E-state index is 5.98. The van der Waals surface area contributed by atoms with E-state index in [1.54, 1.807) is 0 Å². The topological polar surface area (TPSA) is 35.2 Å². The van der Waals surface area contributed by atoms with Gasteiger partial charge < -0.3 is 10.5 Å². The SMILES string of the molecule is CC(OC1CCCC1N)c1ccccc1. The smallest absolute Gasteiger partial charge is 0.0801 e. The van der Waals surface area contributed by atoms with Gasteiger partial charge in [0.05, 0.1) is 12.2 Å². The van der Waals surface area contributed by atoms with Crippen LogP contribution in [0.25, 0.3) is 0 Å². The molecule has 0 saturated heterocycles. The Morgan fingerprint density at radius 3 is 2.60 bits per heavy atom. The molecule has 1 aliphatic rings. The molecule has 1 aromatic rings. The average Bonchev–Trinajstić information content (AvgIpc) is 2.66. The summed E-state index contributed by atoms with van der Waals surface area (Å²) < 4.78 is 5.98. The molecule has 3 atom stereocenters. The first-order valence-electron chi connectivity index (χ1n) is 5.73. The Morgan fingerprint density at radius 1 is 1.27 bits per heavy atom. The van der Waals surface area contributed by atoms with E-state index in [1.807, 2.05) is 18.2 Å². The number of hydrogen-bond donors (Lipinski definition) is 1. The Labute approximate surface area is 91.4 Å². The molecule has 0 aliphatic heterocycles. The molecule has 2 heteroatoms. The van der Waals surface area contributed by atoms with Crippen molar-refractivity contribution in [2.75, 3.05) is 0 Å². The van der Waals surface area contributed by atoms with Crippen molar-refractivity contribution in [2.45, 2.75) is 44.4 Å². The quantitative estimate of drug-likeness (QED) is 0.823. The summed E-state index contributed by atoms with van der Waals surface area (Å²) in [5.74, 6) is 0. The zero-order valence-electron chi connectivity index (χ0n) is 9.23. The van der Waals surface area contributed by atoms with Crippen LogP contribution in [0.15, 0.2) is 30.3 Å². The van der Waals surface area contributed by atoms with Crippen molar-refractivity contribution in [3.05, 3.63) is 35.9 Å². The van der Waals surface area contributed by atoms with Crippen LogP contribution in [0.3, 0.4) is 0 Å². The van der Waals surface area contributed by atoms with E-state index < -0.39 is 0 Å². The van der Waals surface area contributed by atoms with E-state index >= 15 is 0 Å². The fourth-order valence-corrected chi connectivity index (χ4v) is 2.19. The Bertz CT molecular complexity index is 299. The van der Waals surface area contributed by atoms with E-state index in [1.165, 1.54) is 12.0 Å². The average molecular weight is 205 g/mol. The van der Waals surface area contributed by atoms with Gasteiger partial charge >= 0.3 is 0 Å². The van der Waals surface area contributed by atoms with Crippen LogP contribution in [0.1, 0.15) is 37.9 Å². The highest BCUT2D eigenvalue weighted by Gasteiger charge is 2.26. The molecule has 0 amide bonds. The number of rotatable bonds is 3. The lowest BCUT2D eigenvalue weighted by Gasteiger charge is -2.22. The van der Waals surface area contributed by atoms with Crippen LogP contribution in [0.2, 0.25) is 0 Å². The normalized spacial score (nSPS) is 27.9. The third kappa shape index (κ3) is 2.58. The van der Waals surface area contributed by atoms with Crippen LogP contribution in [0, 0.1) is 0 Å². The fraction of sp³-hybridized carbons (Fsp3) is 0.538. The lowest BCUT2D eigenvalue weighted by molar-refractivity contribution is -0.00710. The zero-order valence-corrected chi connectivity index (χ0v) is 9.23. The van der Waals surface area contributed by atoms with Crippen molar-refractivity contribution in [1.29, 1.82) is 0 Å². The summed E-state index contributed by atoms with van der Waals surface area (Å²) in [6, 6.07) is 10.6. The summed E-state index contributed by atoms with van der Waals surface area (Å²) in [4.78, 5) is 0. The molecule has 0 aromatic heterocycles.